The van der Waals surface area contributed by atoms with Gasteiger partial charge in [-0.25, -0.2) is 0 Å². The number of aromatic nitrogens is 4. The highest BCUT2D eigenvalue weighted by molar-refractivity contribution is 6.08. The highest BCUT2D eigenvalue weighted by Crippen LogP contribution is 2.34. The first-order valence-electron chi connectivity index (χ1n) is 13.5. The Labute approximate surface area is 226 Å². The van der Waals surface area contributed by atoms with Crippen molar-refractivity contribution in [3.8, 4) is 11.4 Å². The van der Waals surface area contributed by atoms with Crippen molar-refractivity contribution in [1.82, 2.24) is 19.1 Å². The third kappa shape index (κ3) is 3.52. The highest BCUT2D eigenvalue weighted by Gasteiger charge is 2.18. The van der Waals surface area contributed by atoms with Gasteiger partial charge in [-0.15, -0.1) is 0 Å². The molecule has 3 aromatic carbocycles. The minimum absolute atomic E-state index is 0.890. The van der Waals surface area contributed by atoms with E-state index in [1.807, 2.05) is 24.8 Å². The summed E-state index contributed by atoms with van der Waals surface area (Å²) in [7, 11) is 0. The van der Waals surface area contributed by atoms with Gasteiger partial charge in [0.25, 0.3) is 0 Å². The molecule has 0 bridgehead atoms. The maximum Gasteiger partial charge on any atom is 0.0724 e. The second-order valence-electron chi connectivity index (χ2n) is 10.3. The molecule has 4 nitrogen and oxygen atoms in total. The number of nitrogens with zero attached hydrogens (tertiary/aromatic N) is 4. The molecule has 4 aromatic heterocycles. The SMILES string of the molecule is C1=Cc2c(c3ccncc3n2-c2ccc(Cc3ccc(-n4c5ccccc5c5ccncc54)cc3)cc2)CC1. The lowest BCUT2D eigenvalue weighted by molar-refractivity contribution is 0.967. The molecular weight excluding hydrogens is 476 g/mol. The van der Waals surface area contributed by atoms with Crippen LogP contribution in [0.25, 0.3) is 50.2 Å². The second kappa shape index (κ2) is 8.81. The molecule has 7 aromatic rings. The molecule has 0 radical (unpaired) electrons. The molecule has 0 spiro atoms. The van der Waals surface area contributed by atoms with E-state index < -0.39 is 0 Å². The fourth-order valence-electron chi connectivity index (χ4n) is 6.22. The van der Waals surface area contributed by atoms with Crippen LogP contribution >= 0.6 is 0 Å². The van der Waals surface area contributed by atoms with Crippen LogP contribution < -0.4 is 0 Å². The number of hydrogen-bond acceptors (Lipinski definition) is 2. The summed E-state index contributed by atoms with van der Waals surface area (Å²) in [5, 5.41) is 3.79. The minimum Gasteiger partial charge on any atom is -0.308 e. The van der Waals surface area contributed by atoms with E-state index in [2.05, 4.69) is 116 Å². The number of para-hydroxylation sites is 1. The lowest BCUT2D eigenvalue weighted by atomic mass is 10.0. The lowest BCUT2D eigenvalue weighted by Gasteiger charge is -2.13. The van der Waals surface area contributed by atoms with E-state index in [9.17, 15) is 0 Å². The van der Waals surface area contributed by atoms with E-state index in [1.165, 1.54) is 55.3 Å². The zero-order valence-electron chi connectivity index (χ0n) is 21.5. The molecule has 186 valence electrons. The average Bonchev–Trinajstić information content (AvgIpc) is 3.51. The van der Waals surface area contributed by atoms with Crippen molar-refractivity contribution in [1.29, 1.82) is 0 Å². The predicted octanol–water partition coefficient (Wildman–Crippen LogP) is 8.07. The minimum atomic E-state index is 0.890. The number of pyridine rings is 2. The van der Waals surface area contributed by atoms with Crippen LogP contribution in [0.2, 0.25) is 0 Å². The van der Waals surface area contributed by atoms with Crippen LogP contribution in [-0.2, 0) is 12.8 Å². The van der Waals surface area contributed by atoms with Crippen molar-refractivity contribution < 1.29 is 0 Å². The topological polar surface area (TPSA) is 35.6 Å². The lowest BCUT2D eigenvalue weighted by Crippen LogP contribution is -2.00. The molecule has 39 heavy (non-hydrogen) atoms. The molecule has 0 saturated carbocycles. The summed E-state index contributed by atoms with van der Waals surface area (Å²) in [6, 6.07) is 30.7. The van der Waals surface area contributed by atoms with Gasteiger partial charge >= 0.3 is 0 Å². The summed E-state index contributed by atoms with van der Waals surface area (Å²) in [4.78, 5) is 8.83. The molecule has 0 atom stereocenters. The zero-order chi connectivity index (χ0) is 25.8. The van der Waals surface area contributed by atoms with Crippen molar-refractivity contribution in [2.45, 2.75) is 19.3 Å². The molecule has 0 aliphatic heterocycles. The Morgan fingerprint density at radius 2 is 1.21 bits per heavy atom. The van der Waals surface area contributed by atoms with E-state index in [4.69, 9.17) is 0 Å². The summed E-state index contributed by atoms with van der Waals surface area (Å²) in [6.45, 7) is 0. The number of aryl methyl sites for hydroxylation is 1. The number of fused-ring (bicyclic) bond motifs is 6. The molecule has 0 saturated heterocycles. The summed E-state index contributed by atoms with van der Waals surface area (Å²) >= 11 is 0. The van der Waals surface area contributed by atoms with E-state index in [-0.39, 0.29) is 0 Å². The second-order valence-corrected chi connectivity index (χ2v) is 10.3. The Balaban J connectivity index is 1.11. The summed E-state index contributed by atoms with van der Waals surface area (Å²) in [5.74, 6) is 0. The van der Waals surface area contributed by atoms with Crippen LogP contribution in [0.15, 0.2) is 116 Å². The zero-order valence-corrected chi connectivity index (χ0v) is 21.5. The highest BCUT2D eigenvalue weighted by atomic mass is 15.0. The first-order chi connectivity index (χ1) is 19.3. The number of rotatable bonds is 4. The van der Waals surface area contributed by atoms with Gasteiger partial charge in [-0.1, -0.05) is 48.5 Å². The standard InChI is InChI=1S/C35H26N4/c1-3-7-32-28(5-1)30-17-19-36-22-34(30)38(32)26-13-9-24(10-14-26)21-25-11-15-27(16-12-25)39-33-8-4-2-6-29(33)31-18-20-37-23-35(31)39/h1,3-5,7-20,22-23H,2,6,21H2. The maximum absolute atomic E-state index is 4.42. The monoisotopic (exact) mass is 502 g/mol. The first kappa shape index (κ1) is 22.1. The predicted molar refractivity (Wildman–Crippen MR) is 160 cm³/mol. The van der Waals surface area contributed by atoms with Crippen molar-refractivity contribution in [2.24, 2.45) is 0 Å². The molecule has 8 rings (SSSR count). The quantitative estimate of drug-likeness (QED) is 0.244. The third-order valence-corrected chi connectivity index (χ3v) is 8.03. The summed E-state index contributed by atoms with van der Waals surface area (Å²) in [6.07, 6.45) is 15.3. The van der Waals surface area contributed by atoms with Crippen molar-refractivity contribution in [3.63, 3.8) is 0 Å². The van der Waals surface area contributed by atoms with Crippen LogP contribution in [-0.4, -0.2) is 19.1 Å². The van der Waals surface area contributed by atoms with Crippen molar-refractivity contribution in [2.75, 3.05) is 0 Å². The molecule has 0 N–H and O–H groups in total. The van der Waals surface area contributed by atoms with Gasteiger partial charge in [0.05, 0.1) is 28.9 Å². The normalized spacial score (nSPS) is 12.9. The maximum atomic E-state index is 4.42. The van der Waals surface area contributed by atoms with Crippen LogP contribution in [0.4, 0.5) is 0 Å². The van der Waals surface area contributed by atoms with Gasteiger partial charge in [0, 0.05) is 45.6 Å². The summed E-state index contributed by atoms with van der Waals surface area (Å²) in [5.41, 5.74) is 11.1. The molecule has 1 aliphatic carbocycles. The van der Waals surface area contributed by atoms with Crippen LogP contribution in [0, 0.1) is 0 Å². The van der Waals surface area contributed by atoms with Gasteiger partial charge in [-0.05, 0) is 84.5 Å². The molecule has 0 fully saturated rings. The Kier molecular flexibility index (Phi) is 4.99. The molecule has 0 unspecified atom stereocenters. The number of allylic oxidation sites excluding steroid dienone is 1. The Hall–Kier alpha value is -4.96. The van der Waals surface area contributed by atoms with Crippen LogP contribution in [0.1, 0.15) is 28.8 Å². The van der Waals surface area contributed by atoms with E-state index in [0.29, 0.717) is 0 Å². The van der Waals surface area contributed by atoms with Crippen LogP contribution in [0.5, 0.6) is 0 Å². The van der Waals surface area contributed by atoms with Gasteiger partial charge < -0.3 is 9.13 Å². The molecule has 4 heterocycles. The molecular formula is C35H26N4. The average molecular weight is 503 g/mol. The Bertz CT molecular complexity index is 1970. The van der Waals surface area contributed by atoms with Gasteiger partial charge in [-0.3, -0.25) is 9.97 Å². The Morgan fingerprint density at radius 1 is 0.590 bits per heavy atom. The molecule has 4 heteroatoms. The molecule has 0 amide bonds. The molecule has 1 aliphatic rings. The van der Waals surface area contributed by atoms with Crippen LogP contribution in [0.3, 0.4) is 0 Å². The van der Waals surface area contributed by atoms with Gasteiger partial charge in [0.15, 0.2) is 0 Å². The van der Waals surface area contributed by atoms with Crippen molar-refractivity contribution in [3.05, 3.63) is 138 Å². The Morgan fingerprint density at radius 3 is 1.95 bits per heavy atom. The van der Waals surface area contributed by atoms with Gasteiger partial charge in [0.2, 0.25) is 0 Å². The third-order valence-electron chi connectivity index (χ3n) is 8.03. The van der Waals surface area contributed by atoms with E-state index in [1.54, 1.807) is 0 Å². The fourth-order valence-corrected chi connectivity index (χ4v) is 6.22. The van der Waals surface area contributed by atoms with E-state index in [0.717, 1.165) is 30.5 Å². The van der Waals surface area contributed by atoms with Crippen molar-refractivity contribution >= 4 is 38.8 Å². The first-order valence-corrected chi connectivity index (χ1v) is 13.5. The summed E-state index contributed by atoms with van der Waals surface area (Å²) < 4.78 is 4.66. The number of benzene rings is 3. The van der Waals surface area contributed by atoms with Gasteiger partial charge in [0.1, 0.15) is 0 Å². The smallest absolute Gasteiger partial charge is 0.0724 e. The number of hydrogen-bond donors (Lipinski definition) is 0. The van der Waals surface area contributed by atoms with E-state index >= 15 is 0 Å². The fraction of sp³-hybridized carbons (Fsp3) is 0.0857. The largest absolute Gasteiger partial charge is 0.308 e. The van der Waals surface area contributed by atoms with Gasteiger partial charge in [-0.2, -0.15) is 0 Å².